The minimum atomic E-state index is -4.56. The van der Waals surface area contributed by atoms with Gasteiger partial charge in [0.25, 0.3) is 5.56 Å². The van der Waals surface area contributed by atoms with Crippen LogP contribution in [-0.4, -0.2) is 81.8 Å². The van der Waals surface area contributed by atoms with Crippen molar-refractivity contribution in [1.29, 1.82) is 0 Å². The summed E-state index contributed by atoms with van der Waals surface area (Å²) < 4.78 is 65.7. The Labute approximate surface area is 297 Å². The molecule has 0 radical (unpaired) electrons. The lowest BCUT2D eigenvalue weighted by Gasteiger charge is -2.42. The highest BCUT2D eigenvalue weighted by molar-refractivity contribution is 6.01. The van der Waals surface area contributed by atoms with E-state index >= 15 is 4.39 Å². The number of anilines is 1. The fourth-order valence-electron chi connectivity index (χ4n) is 8.01. The summed E-state index contributed by atoms with van der Waals surface area (Å²) in [5.74, 6) is -1.16. The van der Waals surface area contributed by atoms with Crippen molar-refractivity contribution in [2.75, 3.05) is 38.6 Å². The Morgan fingerprint density at radius 1 is 1.00 bits per heavy atom. The van der Waals surface area contributed by atoms with Crippen LogP contribution in [0.4, 0.5) is 23.2 Å². The van der Waals surface area contributed by atoms with Gasteiger partial charge in [0.2, 0.25) is 11.8 Å². The summed E-state index contributed by atoms with van der Waals surface area (Å²) in [6.45, 7) is 3.22. The Kier molecular flexibility index (Phi) is 9.83. The van der Waals surface area contributed by atoms with Crippen LogP contribution >= 0.6 is 0 Å². The van der Waals surface area contributed by atoms with Gasteiger partial charge in [0.15, 0.2) is 0 Å². The molecule has 15 heteroatoms. The number of H-pyrrole nitrogens is 1. The van der Waals surface area contributed by atoms with Gasteiger partial charge >= 0.3 is 6.18 Å². The number of ether oxygens (including phenoxy) is 1. The number of carbonyl (C=O) groups is 2. The lowest BCUT2D eigenvalue weighted by molar-refractivity contribution is -0.138. The molecule has 2 aromatic heterocycles. The summed E-state index contributed by atoms with van der Waals surface area (Å²) in [5, 5.41) is 12.4. The molecular weight excluding hydrogens is 682 g/mol. The van der Waals surface area contributed by atoms with Gasteiger partial charge in [0.05, 0.1) is 18.9 Å². The van der Waals surface area contributed by atoms with Gasteiger partial charge in [0.1, 0.15) is 23.1 Å². The molecule has 3 fully saturated rings. The van der Waals surface area contributed by atoms with E-state index in [1.807, 2.05) is 0 Å². The Hall–Kier alpha value is -4.76. The number of aryl methyl sites for hydroxylation is 1. The lowest BCUT2D eigenvalue weighted by Crippen LogP contribution is -2.47. The van der Waals surface area contributed by atoms with E-state index in [4.69, 9.17) is 4.74 Å². The number of likely N-dealkylation sites (tertiary alicyclic amines) is 2. The average molecular weight is 724 g/mol. The van der Waals surface area contributed by atoms with E-state index in [1.165, 1.54) is 23.8 Å². The Balaban J connectivity index is 0.965. The van der Waals surface area contributed by atoms with Gasteiger partial charge in [-0.2, -0.15) is 18.3 Å². The van der Waals surface area contributed by atoms with Crippen molar-refractivity contribution < 1.29 is 31.9 Å². The second kappa shape index (κ2) is 14.3. The number of aromatic amines is 1. The maximum absolute atomic E-state index is 15.7. The lowest BCUT2D eigenvalue weighted by atomic mass is 9.85. The number of halogens is 4. The molecule has 276 valence electrons. The van der Waals surface area contributed by atoms with Crippen molar-refractivity contribution >= 4 is 28.4 Å². The zero-order valence-electron chi connectivity index (χ0n) is 29.0. The number of fused-ring (bicyclic) bond motifs is 1. The number of carbonyl (C=O) groups excluding carboxylic acids is 2. The van der Waals surface area contributed by atoms with Gasteiger partial charge in [0, 0.05) is 54.5 Å². The molecule has 2 amide bonds. The third kappa shape index (κ3) is 7.16. The molecule has 11 nitrogen and oxygen atoms in total. The fourth-order valence-corrected chi connectivity index (χ4v) is 8.01. The van der Waals surface area contributed by atoms with Crippen LogP contribution in [0, 0.1) is 5.82 Å². The van der Waals surface area contributed by atoms with Gasteiger partial charge in [-0.25, -0.2) is 4.39 Å². The number of piperidine rings is 3. The van der Waals surface area contributed by atoms with Gasteiger partial charge < -0.3 is 19.5 Å². The number of methoxy groups -OCH3 is 1. The van der Waals surface area contributed by atoms with E-state index in [0.29, 0.717) is 65.8 Å². The van der Waals surface area contributed by atoms with Crippen molar-refractivity contribution in [2.45, 2.75) is 69.2 Å². The molecule has 3 aliphatic rings. The van der Waals surface area contributed by atoms with Crippen LogP contribution < -0.4 is 20.9 Å². The molecule has 2 aromatic carbocycles. The number of alkyl halides is 3. The molecule has 3 saturated heterocycles. The van der Waals surface area contributed by atoms with Gasteiger partial charge in [-0.05, 0) is 99.6 Å². The molecule has 3 N–H and O–H groups in total. The molecule has 0 spiro atoms. The van der Waals surface area contributed by atoms with E-state index in [2.05, 4.69) is 30.6 Å². The highest BCUT2D eigenvalue weighted by Gasteiger charge is 2.38. The van der Waals surface area contributed by atoms with E-state index in [-0.39, 0.29) is 47.5 Å². The normalized spacial score (nSPS) is 20.0. The van der Waals surface area contributed by atoms with E-state index < -0.39 is 29.5 Å². The fraction of sp³-hybridized carbons (Fsp3) is 0.459. The van der Waals surface area contributed by atoms with E-state index in [9.17, 15) is 27.6 Å². The summed E-state index contributed by atoms with van der Waals surface area (Å²) in [7, 11) is 3.14. The monoisotopic (exact) mass is 723 g/mol. The number of hydrogen-bond donors (Lipinski definition) is 3. The summed E-state index contributed by atoms with van der Waals surface area (Å²) in [6.07, 6.45) is 1.92. The highest BCUT2D eigenvalue weighted by atomic mass is 19.4. The van der Waals surface area contributed by atoms with Crippen LogP contribution in [0.3, 0.4) is 0 Å². The summed E-state index contributed by atoms with van der Waals surface area (Å²) in [5.41, 5.74) is 1.57. The van der Waals surface area contributed by atoms with Crippen molar-refractivity contribution in [2.24, 2.45) is 7.05 Å². The first-order chi connectivity index (χ1) is 24.9. The number of nitrogens with zero attached hydrogens (tertiary/aromatic N) is 4. The van der Waals surface area contributed by atoms with E-state index in [1.54, 1.807) is 31.6 Å². The molecule has 3 aliphatic heterocycles. The number of nitrogens with one attached hydrogen (secondary N) is 3. The van der Waals surface area contributed by atoms with Crippen LogP contribution in [0.2, 0.25) is 0 Å². The number of aromatic nitrogens is 3. The van der Waals surface area contributed by atoms with Gasteiger partial charge in [-0.1, -0.05) is 6.07 Å². The van der Waals surface area contributed by atoms with Crippen molar-refractivity contribution in [3.63, 3.8) is 0 Å². The van der Waals surface area contributed by atoms with Crippen LogP contribution in [0.5, 0.6) is 5.75 Å². The number of hydrogen-bond acceptors (Lipinski definition) is 8. The summed E-state index contributed by atoms with van der Waals surface area (Å²) in [4.78, 5) is 40.7. The predicted molar refractivity (Wildman–Crippen MR) is 186 cm³/mol. The van der Waals surface area contributed by atoms with Gasteiger partial charge in [-0.15, -0.1) is 0 Å². The molecule has 4 aromatic rings. The predicted octanol–water partition coefficient (Wildman–Crippen LogP) is 5.16. The minimum absolute atomic E-state index is 0.128. The molecule has 52 heavy (non-hydrogen) atoms. The van der Waals surface area contributed by atoms with Crippen LogP contribution in [0.15, 0.2) is 47.5 Å². The average Bonchev–Trinajstić information content (AvgIpc) is 3.62. The smallest absolute Gasteiger partial charge is 0.416 e. The molecule has 0 bridgehead atoms. The number of imide groups is 1. The second-order valence-electron chi connectivity index (χ2n) is 14.0. The number of amides is 2. The summed E-state index contributed by atoms with van der Waals surface area (Å²) in [6, 6.07) is 6.96. The number of pyridine rings is 1. The number of rotatable bonds is 8. The molecular formula is C37H41F4N7O4. The SMILES string of the molecule is COc1cc(-c2cn(C)c(=O)c3[nH]ncc23)cc(F)c1CN1CCC(N2CCC(c3ccc(NC4CCC(=O)NC4=O)cc3C(F)(F)F)CC2)CC1. The first-order valence-corrected chi connectivity index (χ1v) is 17.6. The zero-order valence-corrected chi connectivity index (χ0v) is 29.0. The molecule has 0 aliphatic carbocycles. The first-order valence-electron chi connectivity index (χ1n) is 17.6. The van der Waals surface area contributed by atoms with Crippen LogP contribution in [0.25, 0.3) is 22.0 Å². The zero-order chi connectivity index (χ0) is 36.7. The van der Waals surface area contributed by atoms with E-state index in [0.717, 1.165) is 32.0 Å². The van der Waals surface area contributed by atoms with Crippen molar-refractivity contribution in [1.82, 2.24) is 29.9 Å². The third-order valence-electron chi connectivity index (χ3n) is 10.8. The summed E-state index contributed by atoms with van der Waals surface area (Å²) >= 11 is 0. The van der Waals surface area contributed by atoms with Crippen LogP contribution in [0.1, 0.15) is 61.1 Å². The highest BCUT2D eigenvalue weighted by Crippen LogP contribution is 2.41. The van der Waals surface area contributed by atoms with Crippen LogP contribution in [-0.2, 0) is 29.4 Å². The molecule has 5 heterocycles. The Bertz CT molecular complexity index is 2050. The third-order valence-corrected chi connectivity index (χ3v) is 10.8. The van der Waals surface area contributed by atoms with Crippen molar-refractivity contribution in [3.8, 4) is 16.9 Å². The standard InChI is InChI=1S/C37H41F4N7O4/c1-46-19-27(26-18-42-45-34(26)36(46)51)22-15-30(38)28(32(16-22)52-2)20-47-11-9-24(10-12-47)48-13-7-21(8-14-48)25-4-3-23(17-29(25)37(39,40)41)43-31-5-6-33(49)44-35(31)50/h3-4,15-19,21,24,31,43H,5-14,20H2,1-2H3,(H,42,45)(H,44,49,50). The molecule has 0 saturated carbocycles. The van der Waals surface area contributed by atoms with Crippen molar-refractivity contribution in [3.05, 3.63) is 75.6 Å². The Morgan fingerprint density at radius 3 is 2.44 bits per heavy atom. The quantitative estimate of drug-likeness (QED) is 0.169. The molecule has 7 rings (SSSR count). The first kappa shape index (κ1) is 35.6. The maximum Gasteiger partial charge on any atom is 0.416 e. The molecule has 1 unspecified atom stereocenters. The topological polar surface area (TPSA) is 125 Å². The maximum atomic E-state index is 15.7. The Morgan fingerprint density at radius 2 is 1.75 bits per heavy atom. The minimum Gasteiger partial charge on any atom is -0.496 e. The van der Waals surface area contributed by atoms with Gasteiger partial charge in [-0.3, -0.25) is 29.7 Å². The largest absolute Gasteiger partial charge is 0.496 e. The second-order valence-corrected chi connectivity index (χ2v) is 14.0. The molecule has 1 atom stereocenters. The number of benzene rings is 2.